The fraction of sp³-hybridized carbons (Fsp3) is 0.235. The van der Waals surface area contributed by atoms with Crippen LogP contribution in [-0.2, 0) is 19.5 Å². The molecule has 1 aromatic carbocycles. The number of fused-ring (bicyclic) bond motifs is 1. The summed E-state index contributed by atoms with van der Waals surface area (Å²) in [6.45, 7) is 1.95. The average molecular weight is 323 g/mol. The number of aromatic nitrogens is 3. The third kappa shape index (κ3) is 2.81. The van der Waals surface area contributed by atoms with Gasteiger partial charge in [-0.05, 0) is 24.3 Å². The monoisotopic (exact) mass is 323 g/mol. The molecule has 4 rings (SSSR count). The number of benzene rings is 1. The number of nitrogens with zero attached hydrogens (tertiary/aromatic N) is 3. The van der Waals surface area contributed by atoms with Crippen LogP contribution in [0.5, 0.6) is 0 Å². The first-order valence-corrected chi connectivity index (χ1v) is 7.78. The van der Waals surface area contributed by atoms with Crippen molar-refractivity contribution in [2.75, 3.05) is 12.3 Å². The molecule has 3 heterocycles. The second-order valence-electron chi connectivity index (χ2n) is 5.85. The summed E-state index contributed by atoms with van der Waals surface area (Å²) in [5, 5.41) is 0. The fourth-order valence-electron chi connectivity index (χ4n) is 2.92. The molecule has 24 heavy (non-hydrogen) atoms. The Balaban J connectivity index is 1.61. The smallest absolute Gasteiger partial charge is 0.255 e. The van der Waals surface area contributed by atoms with Gasteiger partial charge in [0.15, 0.2) is 0 Å². The van der Waals surface area contributed by atoms with E-state index < -0.39 is 0 Å². The number of nitrogen functional groups attached to an aromatic ring is 1. The molecule has 3 N–H and O–H groups in total. The molecule has 0 bridgehead atoms. The second kappa shape index (κ2) is 5.93. The van der Waals surface area contributed by atoms with Crippen LogP contribution in [0.3, 0.4) is 0 Å². The molecule has 2 aromatic heterocycles. The molecule has 0 atom stereocenters. The molecule has 0 spiro atoms. The Morgan fingerprint density at radius 1 is 1.29 bits per heavy atom. The van der Waals surface area contributed by atoms with E-state index in [1.807, 2.05) is 12.1 Å². The Morgan fingerprint density at radius 2 is 2.12 bits per heavy atom. The first-order valence-electron chi connectivity index (χ1n) is 7.78. The molecule has 7 nitrogen and oxygen atoms in total. The van der Waals surface area contributed by atoms with Gasteiger partial charge in [0.05, 0.1) is 24.0 Å². The number of oxazole rings is 1. The van der Waals surface area contributed by atoms with Gasteiger partial charge < -0.3 is 15.1 Å². The van der Waals surface area contributed by atoms with E-state index in [4.69, 9.17) is 10.2 Å². The maximum Gasteiger partial charge on any atom is 0.255 e. The zero-order chi connectivity index (χ0) is 16.5. The molecule has 3 aromatic rings. The molecule has 0 unspecified atom stereocenters. The highest BCUT2D eigenvalue weighted by molar-refractivity contribution is 5.58. The highest BCUT2D eigenvalue weighted by Gasteiger charge is 2.22. The number of hydrogen-bond donors (Lipinski definition) is 2. The molecule has 0 amide bonds. The lowest BCUT2D eigenvalue weighted by atomic mass is 10.1. The number of aromatic amines is 1. The van der Waals surface area contributed by atoms with Crippen molar-refractivity contribution in [2.45, 2.75) is 19.5 Å². The van der Waals surface area contributed by atoms with E-state index in [1.54, 1.807) is 24.6 Å². The summed E-state index contributed by atoms with van der Waals surface area (Å²) in [6.07, 6.45) is 3.91. The molecule has 0 saturated heterocycles. The molecular weight excluding hydrogens is 306 g/mol. The van der Waals surface area contributed by atoms with Crippen molar-refractivity contribution in [2.24, 2.45) is 0 Å². The Morgan fingerprint density at radius 3 is 2.88 bits per heavy atom. The van der Waals surface area contributed by atoms with E-state index in [2.05, 4.69) is 19.9 Å². The predicted octanol–water partition coefficient (Wildman–Crippen LogP) is 1.57. The lowest BCUT2D eigenvalue weighted by molar-refractivity contribution is 0.218. The minimum absolute atomic E-state index is 0.0936. The lowest BCUT2D eigenvalue weighted by Crippen LogP contribution is -2.35. The maximum atomic E-state index is 12.5. The van der Waals surface area contributed by atoms with Crippen molar-refractivity contribution in [3.8, 4) is 11.4 Å². The molecular formula is C17H17N5O2. The molecule has 122 valence electrons. The van der Waals surface area contributed by atoms with Gasteiger partial charge in [-0.3, -0.25) is 9.69 Å². The van der Waals surface area contributed by atoms with Gasteiger partial charge in [-0.15, -0.1) is 0 Å². The van der Waals surface area contributed by atoms with E-state index in [0.29, 0.717) is 36.1 Å². The first kappa shape index (κ1) is 14.6. The van der Waals surface area contributed by atoms with Gasteiger partial charge in [0.25, 0.3) is 5.56 Å². The van der Waals surface area contributed by atoms with Crippen LogP contribution in [0.15, 0.2) is 45.9 Å². The SMILES string of the molecule is Nc1ccc(-c2nc3c(c(=O)[nH]2)CN(Cc2ncco2)CC3)cc1. The standard InChI is InChI=1S/C17H17N5O2/c18-12-3-1-11(2-4-12)16-20-14-5-7-22(9-13(14)17(23)21-16)10-15-19-6-8-24-15/h1-4,6,8H,5,7,9-10,18H2,(H,20,21,23). The Labute approximate surface area is 138 Å². The van der Waals surface area contributed by atoms with E-state index in [-0.39, 0.29) is 5.56 Å². The molecule has 1 aliphatic heterocycles. The zero-order valence-electron chi connectivity index (χ0n) is 13.0. The largest absolute Gasteiger partial charge is 0.448 e. The molecule has 0 fully saturated rings. The van der Waals surface area contributed by atoms with Crippen molar-refractivity contribution in [1.82, 2.24) is 19.9 Å². The summed E-state index contributed by atoms with van der Waals surface area (Å²) < 4.78 is 5.28. The van der Waals surface area contributed by atoms with Crippen LogP contribution in [0.1, 0.15) is 17.1 Å². The molecule has 0 saturated carbocycles. The van der Waals surface area contributed by atoms with Gasteiger partial charge in [-0.25, -0.2) is 9.97 Å². The van der Waals surface area contributed by atoms with Crippen LogP contribution in [0.2, 0.25) is 0 Å². The maximum absolute atomic E-state index is 12.5. The number of H-pyrrole nitrogens is 1. The summed E-state index contributed by atoms with van der Waals surface area (Å²) >= 11 is 0. The van der Waals surface area contributed by atoms with Crippen molar-refractivity contribution < 1.29 is 4.42 Å². The number of anilines is 1. The minimum Gasteiger partial charge on any atom is -0.448 e. The summed E-state index contributed by atoms with van der Waals surface area (Å²) in [5.74, 6) is 1.24. The highest BCUT2D eigenvalue weighted by Crippen LogP contribution is 2.20. The van der Waals surface area contributed by atoms with E-state index >= 15 is 0 Å². The van der Waals surface area contributed by atoms with E-state index in [0.717, 1.165) is 24.2 Å². The Hall–Kier alpha value is -2.93. The van der Waals surface area contributed by atoms with Gasteiger partial charge in [-0.1, -0.05) is 0 Å². The van der Waals surface area contributed by atoms with Crippen molar-refractivity contribution in [1.29, 1.82) is 0 Å². The van der Waals surface area contributed by atoms with Gasteiger partial charge in [-0.2, -0.15) is 0 Å². The van der Waals surface area contributed by atoms with Crippen LogP contribution < -0.4 is 11.3 Å². The number of rotatable bonds is 3. The molecule has 7 heteroatoms. The van der Waals surface area contributed by atoms with Crippen molar-refractivity contribution in [3.05, 3.63) is 64.2 Å². The number of hydrogen-bond acceptors (Lipinski definition) is 6. The molecule has 0 radical (unpaired) electrons. The lowest BCUT2D eigenvalue weighted by Gasteiger charge is -2.26. The number of nitrogens with two attached hydrogens (primary N) is 1. The Bertz CT molecular complexity index is 900. The van der Waals surface area contributed by atoms with E-state index in [9.17, 15) is 4.79 Å². The Kier molecular flexibility index (Phi) is 3.62. The fourth-order valence-corrected chi connectivity index (χ4v) is 2.92. The quantitative estimate of drug-likeness (QED) is 0.710. The predicted molar refractivity (Wildman–Crippen MR) is 89.0 cm³/mol. The minimum atomic E-state index is -0.0936. The third-order valence-corrected chi connectivity index (χ3v) is 4.17. The van der Waals surface area contributed by atoms with Crippen LogP contribution >= 0.6 is 0 Å². The molecule has 0 aliphatic carbocycles. The van der Waals surface area contributed by atoms with Crippen molar-refractivity contribution in [3.63, 3.8) is 0 Å². The summed E-state index contributed by atoms with van der Waals surface area (Å²) in [4.78, 5) is 26.3. The average Bonchev–Trinajstić information content (AvgIpc) is 3.09. The summed E-state index contributed by atoms with van der Waals surface area (Å²) in [6, 6.07) is 7.31. The summed E-state index contributed by atoms with van der Waals surface area (Å²) in [5.41, 5.74) is 8.72. The van der Waals surface area contributed by atoms with Gasteiger partial charge in [0.2, 0.25) is 5.89 Å². The van der Waals surface area contributed by atoms with Gasteiger partial charge in [0.1, 0.15) is 12.1 Å². The second-order valence-corrected chi connectivity index (χ2v) is 5.85. The first-order chi connectivity index (χ1) is 11.7. The van der Waals surface area contributed by atoms with E-state index in [1.165, 1.54) is 0 Å². The number of nitrogens with one attached hydrogen (secondary N) is 1. The van der Waals surface area contributed by atoms with Gasteiger partial charge in [0, 0.05) is 30.8 Å². The van der Waals surface area contributed by atoms with Crippen LogP contribution in [0.4, 0.5) is 5.69 Å². The molecule has 1 aliphatic rings. The normalized spacial score (nSPS) is 14.5. The topological polar surface area (TPSA) is 101 Å². The van der Waals surface area contributed by atoms with Crippen molar-refractivity contribution >= 4 is 5.69 Å². The third-order valence-electron chi connectivity index (χ3n) is 4.17. The summed E-state index contributed by atoms with van der Waals surface area (Å²) in [7, 11) is 0. The van der Waals surface area contributed by atoms with Crippen LogP contribution in [0, 0.1) is 0 Å². The highest BCUT2D eigenvalue weighted by atomic mass is 16.3. The van der Waals surface area contributed by atoms with Gasteiger partial charge >= 0.3 is 0 Å². The van der Waals surface area contributed by atoms with Crippen LogP contribution in [-0.4, -0.2) is 26.4 Å². The zero-order valence-corrected chi connectivity index (χ0v) is 13.0. The van der Waals surface area contributed by atoms with Crippen LogP contribution in [0.25, 0.3) is 11.4 Å².